The van der Waals surface area contributed by atoms with Gasteiger partial charge in [-0.15, -0.1) is 0 Å². The van der Waals surface area contributed by atoms with Crippen LogP contribution in [0, 0.1) is 10.1 Å². The summed E-state index contributed by atoms with van der Waals surface area (Å²) >= 11 is 0. The molecule has 0 bridgehead atoms. The molecule has 0 aromatic heterocycles. The molecule has 24 heavy (non-hydrogen) atoms. The molecule has 7 nitrogen and oxygen atoms in total. The van der Waals surface area contributed by atoms with E-state index in [1.165, 1.54) is 11.0 Å². The van der Waals surface area contributed by atoms with Gasteiger partial charge in [0, 0.05) is 31.3 Å². The van der Waals surface area contributed by atoms with Crippen molar-refractivity contribution in [2.75, 3.05) is 18.9 Å². The lowest BCUT2D eigenvalue weighted by Gasteiger charge is -2.28. The van der Waals surface area contributed by atoms with Crippen molar-refractivity contribution in [3.8, 4) is 0 Å². The number of rotatable bonds is 6. The standard InChI is InChI=1S/C17H23N3O4/c1-19(11-17(22)8-2-3-9-17)16(21)12-4-7-14(18-13-5-6-13)15(10-12)20(23)24/h4,7,10,13,18,22H,2-3,5-6,8-9,11H2,1H3. The summed E-state index contributed by atoms with van der Waals surface area (Å²) in [7, 11) is 1.63. The maximum Gasteiger partial charge on any atom is 0.293 e. The van der Waals surface area contributed by atoms with Crippen molar-refractivity contribution in [3.05, 3.63) is 33.9 Å². The van der Waals surface area contributed by atoms with Crippen LogP contribution in [0.1, 0.15) is 48.9 Å². The normalized spacial score (nSPS) is 19.1. The molecule has 0 unspecified atom stereocenters. The van der Waals surface area contributed by atoms with E-state index in [-0.39, 0.29) is 23.7 Å². The van der Waals surface area contributed by atoms with E-state index in [1.54, 1.807) is 19.2 Å². The molecule has 2 fully saturated rings. The van der Waals surface area contributed by atoms with Crippen molar-refractivity contribution in [2.24, 2.45) is 0 Å². The van der Waals surface area contributed by atoms with Crippen LogP contribution in [0.3, 0.4) is 0 Å². The Bertz CT molecular complexity index is 651. The number of hydrogen-bond donors (Lipinski definition) is 2. The van der Waals surface area contributed by atoms with Crippen LogP contribution in [-0.2, 0) is 0 Å². The Kier molecular flexibility index (Phi) is 4.45. The minimum Gasteiger partial charge on any atom is -0.388 e. The van der Waals surface area contributed by atoms with Crippen LogP contribution in [0.2, 0.25) is 0 Å². The number of amides is 1. The Morgan fingerprint density at radius 3 is 2.67 bits per heavy atom. The molecule has 2 N–H and O–H groups in total. The van der Waals surface area contributed by atoms with E-state index in [0.29, 0.717) is 24.6 Å². The average Bonchev–Trinajstić information content (AvgIpc) is 3.26. The zero-order chi connectivity index (χ0) is 17.3. The monoisotopic (exact) mass is 333 g/mol. The zero-order valence-electron chi connectivity index (χ0n) is 13.8. The molecule has 0 aliphatic heterocycles. The van der Waals surface area contributed by atoms with Crippen molar-refractivity contribution in [2.45, 2.75) is 50.2 Å². The SMILES string of the molecule is CN(CC1(O)CCCC1)C(=O)c1ccc(NC2CC2)c([N+](=O)[O-])c1. The number of nitrogens with zero attached hydrogens (tertiary/aromatic N) is 2. The van der Waals surface area contributed by atoms with Crippen LogP contribution in [0.5, 0.6) is 0 Å². The first-order chi connectivity index (χ1) is 11.4. The first kappa shape index (κ1) is 16.7. The summed E-state index contributed by atoms with van der Waals surface area (Å²) in [5.74, 6) is -0.309. The predicted octanol–water partition coefficient (Wildman–Crippen LogP) is 2.55. The maximum atomic E-state index is 12.6. The summed E-state index contributed by atoms with van der Waals surface area (Å²) in [4.78, 5) is 24.9. The molecule has 130 valence electrons. The highest BCUT2D eigenvalue weighted by molar-refractivity contribution is 5.95. The number of hydrogen-bond acceptors (Lipinski definition) is 5. The van der Waals surface area contributed by atoms with Crippen molar-refractivity contribution in [3.63, 3.8) is 0 Å². The molecule has 0 spiro atoms. The fourth-order valence-electron chi connectivity index (χ4n) is 3.31. The fourth-order valence-corrected chi connectivity index (χ4v) is 3.31. The third kappa shape index (κ3) is 3.67. The van der Waals surface area contributed by atoms with E-state index >= 15 is 0 Å². The number of anilines is 1. The van der Waals surface area contributed by atoms with E-state index in [0.717, 1.165) is 25.7 Å². The summed E-state index contributed by atoms with van der Waals surface area (Å²) in [5, 5.41) is 24.9. The van der Waals surface area contributed by atoms with Crippen LogP contribution < -0.4 is 5.32 Å². The quantitative estimate of drug-likeness (QED) is 0.616. The van der Waals surface area contributed by atoms with Gasteiger partial charge < -0.3 is 15.3 Å². The number of aliphatic hydroxyl groups is 1. The molecule has 0 radical (unpaired) electrons. The van der Waals surface area contributed by atoms with Gasteiger partial charge in [0.1, 0.15) is 5.69 Å². The second-order valence-electron chi connectivity index (χ2n) is 7.00. The van der Waals surface area contributed by atoms with Gasteiger partial charge in [0.15, 0.2) is 0 Å². The number of nitro benzene ring substituents is 1. The van der Waals surface area contributed by atoms with Gasteiger partial charge in [-0.3, -0.25) is 14.9 Å². The van der Waals surface area contributed by atoms with E-state index in [9.17, 15) is 20.0 Å². The van der Waals surface area contributed by atoms with Crippen molar-refractivity contribution < 1.29 is 14.8 Å². The van der Waals surface area contributed by atoms with Gasteiger partial charge in [-0.1, -0.05) is 12.8 Å². The average molecular weight is 333 g/mol. The number of nitro groups is 1. The topological polar surface area (TPSA) is 95.7 Å². The third-order valence-corrected chi connectivity index (χ3v) is 4.79. The molecule has 2 aliphatic rings. The summed E-state index contributed by atoms with van der Waals surface area (Å²) < 4.78 is 0. The first-order valence-electron chi connectivity index (χ1n) is 8.41. The van der Waals surface area contributed by atoms with E-state index < -0.39 is 10.5 Å². The fraction of sp³-hybridized carbons (Fsp3) is 0.588. The molecule has 1 aromatic rings. The molecule has 0 atom stereocenters. The Balaban J connectivity index is 1.76. The lowest BCUT2D eigenvalue weighted by molar-refractivity contribution is -0.384. The van der Waals surface area contributed by atoms with Crippen molar-refractivity contribution in [1.82, 2.24) is 4.90 Å². The van der Waals surface area contributed by atoms with Gasteiger partial charge in [0.2, 0.25) is 0 Å². The van der Waals surface area contributed by atoms with Crippen LogP contribution in [0.15, 0.2) is 18.2 Å². The zero-order valence-corrected chi connectivity index (χ0v) is 13.8. The van der Waals surface area contributed by atoms with Gasteiger partial charge >= 0.3 is 0 Å². The number of carbonyl (C=O) groups is 1. The van der Waals surface area contributed by atoms with Gasteiger partial charge in [-0.05, 0) is 37.8 Å². The molecule has 3 rings (SSSR count). The van der Waals surface area contributed by atoms with Gasteiger partial charge in [-0.25, -0.2) is 0 Å². The maximum absolute atomic E-state index is 12.6. The number of benzene rings is 1. The molecule has 2 aliphatic carbocycles. The summed E-state index contributed by atoms with van der Waals surface area (Å²) in [6, 6.07) is 4.82. The summed E-state index contributed by atoms with van der Waals surface area (Å²) in [6.07, 6.45) is 5.33. The van der Waals surface area contributed by atoms with E-state index in [2.05, 4.69) is 5.32 Å². The van der Waals surface area contributed by atoms with Crippen molar-refractivity contribution in [1.29, 1.82) is 0 Å². The number of nitrogens with one attached hydrogen (secondary N) is 1. The lowest BCUT2D eigenvalue weighted by Crippen LogP contribution is -2.42. The molecule has 1 aromatic carbocycles. The van der Waals surface area contributed by atoms with Crippen molar-refractivity contribution >= 4 is 17.3 Å². The minimum absolute atomic E-state index is 0.0827. The third-order valence-electron chi connectivity index (χ3n) is 4.79. The molecule has 1 amide bonds. The van der Waals surface area contributed by atoms with Crippen LogP contribution in [-0.4, -0.2) is 46.1 Å². The minimum atomic E-state index is -0.830. The molecule has 0 heterocycles. The number of likely N-dealkylation sites (N-methyl/N-ethyl adjacent to an activating group) is 1. The van der Waals surface area contributed by atoms with Gasteiger partial charge in [-0.2, -0.15) is 0 Å². The second kappa shape index (κ2) is 6.39. The highest BCUT2D eigenvalue weighted by Crippen LogP contribution is 2.33. The van der Waals surface area contributed by atoms with E-state index in [4.69, 9.17) is 0 Å². The first-order valence-corrected chi connectivity index (χ1v) is 8.41. The van der Waals surface area contributed by atoms with Crippen LogP contribution in [0.4, 0.5) is 11.4 Å². The Morgan fingerprint density at radius 1 is 1.42 bits per heavy atom. The Morgan fingerprint density at radius 2 is 2.08 bits per heavy atom. The summed E-state index contributed by atoms with van der Waals surface area (Å²) in [5.41, 5.74) is -0.187. The smallest absolute Gasteiger partial charge is 0.293 e. The van der Waals surface area contributed by atoms with Crippen LogP contribution in [0.25, 0.3) is 0 Å². The Hall–Kier alpha value is -2.15. The molecular weight excluding hydrogens is 310 g/mol. The van der Waals surface area contributed by atoms with E-state index in [1.807, 2.05) is 0 Å². The van der Waals surface area contributed by atoms with Gasteiger partial charge in [0.05, 0.1) is 10.5 Å². The molecular formula is C17H23N3O4. The largest absolute Gasteiger partial charge is 0.388 e. The van der Waals surface area contributed by atoms with Crippen LogP contribution >= 0.6 is 0 Å². The van der Waals surface area contributed by atoms with Gasteiger partial charge in [0.25, 0.3) is 11.6 Å². The lowest BCUT2D eigenvalue weighted by atomic mass is 10.0. The highest BCUT2D eigenvalue weighted by atomic mass is 16.6. The second-order valence-corrected chi connectivity index (χ2v) is 7.00. The molecule has 0 saturated heterocycles. The highest BCUT2D eigenvalue weighted by Gasteiger charge is 2.34. The number of carbonyl (C=O) groups excluding carboxylic acids is 1. The predicted molar refractivity (Wildman–Crippen MR) is 90.1 cm³/mol. The molecule has 7 heteroatoms. The molecule has 2 saturated carbocycles. The summed E-state index contributed by atoms with van der Waals surface area (Å²) in [6.45, 7) is 0.252. The Labute approximate surface area is 140 Å².